The summed E-state index contributed by atoms with van der Waals surface area (Å²) >= 11 is 5.94. The van der Waals surface area contributed by atoms with E-state index in [0.29, 0.717) is 5.02 Å². The fourth-order valence-corrected chi connectivity index (χ4v) is 2.66. The van der Waals surface area contributed by atoms with Crippen molar-refractivity contribution in [3.8, 4) is 16.8 Å². The molecule has 6 heteroatoms. The van der Waals surface area contributed by atoms with Crippen molar-refractivity contribution in [3.63, 3.8) is 0 Å². The number of nitrogens with one attached hydrogen (secondary N) is 2. The number of carbonyl (C=O) groups excluding carboxylic acids is 1. The number of urea groups is 1. The van der Waals surface area contributed by atoms with Crippen LogP contribution in [0.4, 0.5) is 10.5 Å². The molecule has 2 amide bonds. The highest BCUT2D eigenvalue weighted by molar-refractivity contribution is 6.30. The van der Waals surface area contributed by atoms with E-state index in [9.17, 15) is 4.79 Å². The van der Waals surface area contributed by atoms with Crippen molar-refractivity contribution < 1.29 is 4.79 Å². The lowest BCUT2D eigenvalue weighted by molar-refractivity contribution is 0.244. The van der Waals surface area contributed by atoms with Gasteiger partial charge >= 0.3 is 6.03 Å². The summed E-state index contributed by atoms with van der Waals surface area (Å²) in [6, 6.07) is 14.9. The Balaban J connectivity index is 1.86. The van der Waals surface area contributed by atoms with Crippen LogP contribution in [0.2, 0.25) is 5.02 Å². The molecule has 2 aromatic carbocycles. The van der Waals surface area contributed by atoms with Crippen LogP contribution in [0.3, 0.4) is 0 Å². The third-order valence-corrected chi connectivity index (χ3v) is 3.90. The molecule has 0 radical (unpaired) electrons. The second-order valence-electron chi connectivity index (χ2n) is 7.02. The minimum absolute atomic E-state index is 0.241. The van der Waals surface area contributed by atoms with Crippen LogP contribution in [-0.4, -0.2) is 21.4 Å². The van der Waals surface area contributed by atoms with Gasteiger partial charge in [0.15, 0.2) is 0 Å². The van der Waals surface area contributed by atoms with Crippen LogP contribution in [0, 0.1) is 0 Å². The van der Waals surface area contributed by atoms with E-state index in [0.717, 1.165) is 22.5 Å². The topological polar surface area (TPSA) is 59.0 Å². The quantitative estimate of drug-likeness (QED) is 0.674. The first-order valence-corrected chi connectivity index (χ1v) is 8.69. The molecule has 0 aliphatic carbocycles. The number of carbonyl (C=O) groups is 1. The van der Waals surface area contributed by atoms with E-state index in [4.69, 9.17) is 11.6 Å². The molecule has 134 valence electrons. The van der Waals surface area contributed by atoms with Crippen LogP contribution < -0.4 is 10.6 Å². The molecule has 26 heavy (non-hydrogen) atoms. The highest BCUT2D eigenvalue weighted by Gasteiger charge is 2.15. The lowest BCUT2D eigenvalue weighted by atomic mass is 10.1. The largest absolute Gasteiger partial charge is 0.333 e. The molecule has 3 aromatic rings. The first kappa shape index (κ1) is 18.0. The van der Waals surface area contributed by atoms with Crippen molar-refractivity contribution in [3.05, 3.63) is 65.9 Å². The number of para-hydroxylation sites is 1. The predicted octanol–water partition coefficient (Wildman–Crippen LogP) is 5.11. The summed E-state index contributed by atoms with van der Waals surface area (Å²) in [6.45, 7) is 5.82. The van der Waals surface area contributed by atoms with Crippen LogP contribution in [0.1, 0.15) is 20.8 Å². The summed E-state index contributed by atoms with van der Waals surface area (Å²) in [5.41, 5.74) is 3.14. The van der Waals surface area contributed by atoms with Gasteiger partial charge in [-0.05, 0) is 51.1 Å². The van der Waals surface area contributed by atoms with E-state index in [1.165, 1.54) is 0 Å². The van der Waals surface area contributed by atoms with Crippen molar-refractivity contribution >= 4 is 23.3 Å². The number of anilines is 1. The highest BCUT2D eigenvalue weighted by Crippen LogP contribution is 2.28. The summed E-state index contributed by atoms with van der Waals surface area (Å²) in [6.07, 6.45) is 3.70. The number of halogens is 1. The summed E-state index contributed by atoms with van der Waals surface area (Å²) < 4.78 is 1.78. The van der Waals surface area contributed by atoms with E-state index >= 15 is 0 Å². The molecule has 5 nitrogen and oxygen atoms in total. The molecule has 3 rings (SSSR count). The minimum atomic E-state index is -0.307. The monoisotopic (exact) mass is 368 g/mol. The molecule has 0 bridgehead atoms. The molecule has 0 unspecified atom stereocenters. The van der Waals surface area contributed by atoms with Crippen molar-refractivity contribution in [2.45, 2.75) is 26.3 Å². The molecule has 0 spiro atoms. The second kappa shape index (κ2) is 7.22. The van der Waals surface area contributed by atoms with Crippen molar-refractivity contribution in [2.75, 3.05) is 5.32 Å². The number of rotatable bonds is 3. The fourth-order valence-electron chi connectivity index (χ4n) is 2.53. The van der Waals surface area contributed by atoms with Crippen LogP contribution in [0.25, 0.3) is 16.8 Å². The van der Waals surface area contributed by atoms with Crippen LogP contribution >= 0.6 is 11.6 Å². The summed E-state index contributed by atoms with van der Waals surface area (Å²) in [5.74, 6) is 0. The van der Waals surface area contributed by atoms with E-state index < -0.39 is 0 Å². The van der Waals surface area contributed by atoms with Gasteiger partial charge in [0.1, 0.15) is 0 Å². The van der Waals surface area contributed by atoms with E-state index in [1.54, 1.807) is 10.9 Å². The number of nitrogens with zero attached hydrogens (tertiary/aromatic N) is 2. The molecule has 2 N–H and O–H groups in total. The zero-order valence-corrected chi connectivity index (χ0v) is 15.7. The van der Waals surface area contributed by atoms with Gasteiger partial charge in [-0.25, -0.2) is 9.48 Å². The maximum absolute atomic E-state index is 12.2. The first-order valence-electron chi connectivity index (χ1n) is 8.31. The van der Waals surface area contributed by atoms with Crippen LogP contribution in [-0.2, 0) is 0 Å². The molecule has 1 aromatic heterocycles. The van der Waals surface area contributed by atoms with Gasteiger partial charge in [-0.3, -0.25) is 0 Å². The molecule has 0 aliphatic rings. The first-order chi connectivity index (χ1) is 12.3. The molecule has 0 saturated carbocycles. The third-order valence-electron chi connectivity index (χ3n) is 3.65. The zero-order chi connectivity index (χ0) is 18.7. The van der Waals surface area contributed by atoms with Gasteiger partial charge in [-0.15, -0.1) is 0 Å². The van der Waals surface area contributed by atoms with Gasteiger partial charge in [0.2, 0.25) is 0 Å². The maximum Gasteiger partial charge on any atom is 0.319 e. The summed E-state index contributed by atoms with van der Waals surface area (Å²) in [4.78, 5) is 12.2. The van der Waals surface area contributed by atoms with E-state index in [-0.39, 0.29) is 11.6 Å². The molecular weight excluding hydrogens is 348 g/mol. The Morgan fingerprint density at radius 2 is 1.77 bits per heavy atom. The third kappa shape index (κ3) is 4.43. The molecule has 0 aliphatic heterocycles. The van der Waals surface area contributed by atoms with Gasteiger partial charge in [-0.1, -0.05) is 29.8 Å². The Labute approximate surface area is 158 Å². The van der Waals surface area contributed by atoms with Gasteiger partial charge in [0.25, 0.3) is 0 Å². The standard InChI is InChI=1S/C20H21ClN4O/c1-20(2,3)24-19(26)23-18-7-5-4-6-17(18)14-12-22-25(13-14)16-10-8-15(21)9-11-16/h4-13H,1-3H3,(H2,23,24,26). The Bertz CT molecular complexity index is 910. The Morgan fingerprint density at radius 3 is 2.46 bits per heavy atom. The number of amides is 2. The lowest BCUT2D eigenvalue weighted by Crippen LogP contribution is -2.43. The number of benzene rings is 2. The van der Waals surface area contributed by atoms with Crippen LogP contribution in [0.15, 0.2) is 60.9 Å². The molecule has 1 heterocycles. The van der Waals surface area contributed by atoms with Crippen molar-refractivity contribution in [2.24, 2.45) is 0 Å². The predicted molar refractivity (Wildman–Crippen MR) is 106 cm³/mol. The SMILES string of the molecule is CC(C)(C)NC(=O)Nc1ccccc1-c1cnn(-c2ccc(Cl)cc2)c1. The van der Waals surface area contributed by atoms with E-state index in [2.05, 4.69) is 15.7 Å². The summed E-state index contributed by atoms with van der Waals surface area (Å²) in [7, 11) is 0. The smallest absolute Gasteiger partial charge is 0.319 e. The highest BCUT2D eigenvalue weighted by atomic mass is 35.5. The number of hydrogen-bond donors (Lipinski definition) is 2. The van der Waals surface area contributed by atoms with Crippen molar-refractivity contribution in [1.29, 1.82) is 0 Å². The Kier molecular flexibility index (Phi) is 5.00. The van der Waals surface area contributed by atoms with Gasteiger partial charge in [0, 0.05) is 27.9 Å². The van der Waals surface area contributed by atoms with Crippen LogP contribution in [0.5, 0.6) is 0 Å². The Morgan fingerprint density at radius 1 is 1.08 bits per heavy atom. The maximum atomic E-state index is 12.2. The second-order valence-corrected chi connectivity index (χ2v) is 7.46. The van der Waals surface area contributed by atoms with E-state index in [1.807, 2.05) is 75.5 Å². The lowest BCUT2D eigenvalue weighted by Gasteiger charge is -2.21. The van der Waals surface area contributed by atoms with Gasteiger partial charge in [0.05, 0.1) is 17.6 Å². The average molecular weight is 369 g/mol. The average Bonchev–Trinajstić information content (AvgIpc) is 3.04. The normalized spacial score (nSPS) is 11.2. The zero-order valence-electron chi connectivity index (χ0n) is 15.0. The fraction of sp³-hybridized carbons (Fsp3) is 0.200. The number of hydrogen-bond acceptors (Lipinski definition) is 2. The minimum Gasteiger partial charge on any atom is -0.333 e. The number of aromatic nitrogens is 2. The van der Waals surface area contributed by atoms with Gasteiger partial charge < -0.3 is 10.6 Å². The summed E-state index contributed by atoms with van der Waals surface area (Å²) in [5, 5.41) is 10.9. The van der Waals surface area contributed by atoms with Crippen molar-refractivity contribution in [1.82, 2.24) is 15.1 Å². The Hall–Kier alpha value is -2.79. The molecule has 0 atom stereocenters. The van der Waals surface area contributed by atoms with Gasteiger partial charge in [-0.2, -0.15) is 5.10 Å². The molecule has 0 fully saturated rings. The molecule has 0 saturated heterocycles. The molecular formula is C20H21ClN4O.